The van der Waals surface area contributed by atoms with E-state index in [1.54, 1.807) is 12.1 Å². The number of nitro groups is 1. The lowest BCUT2D eigenvalue weighted by molar-refractivity contribution is -0.384. The fourth-order valence-corrected chi connectivity index (χ4v) is 7.32. The molecule has 3 aliphatic rings. The molecule has 3 aliphatic heterocycles. The number of hydrogen-bond donors (Lipinski definition) is 1. The van der Waals surface area contributed by atoms with Crippen LogP contribution in [0.1, 0.15) is 63.9 Å². The number of anilines is 1. The first-order chi connectivity index (χ1) is 18.3. The molecular formula is C31H31N3O4. The maximum atomic E-state index is 14.6. The third kappa shape index (κ3) is 3.38. The van der Waals surface area contributed by atoms with Crippen LogP contribution in [0.25, 0.3) is 0 Å². The number of rotatable bonds is 5. The van der Waals surface area contributed by atoms with Gasteiger partial charge < -0.3 is 5.32 Å². The molecule has 38 heavy (non-hydrogen) atoms. The van der Waals surface area contributed by atoms with Crippen LogP contribution in [0.2, 0.25) is 0 Å². The molecule has 3 aromatic rings. The third-order valence-corrected chi connectivity index (χ3v) is 8.85. The van der Waals surface area contributed by atoms with Crippen LogP contribution in [0.15, 0.2) is 60.7 Å². The average molecular weight is 510 g/mol. The maximum absolute atomic E-state index is 14.6. The normalized spacial score (nSPS) is 25.9. The molecule has 2 fully saturated rings. The molecular weight excluding hydrogens is 478 g/mol. The number of nitro benzene ring substituents is 1. The van der Waals surface area contributed by atoms with Gasteiger partial charge in [-0.15, -0.1) is 0 Å². The first-order valence-corrected chi connectivity index (χ1v) is 13.3. The van der Waals surface area contributed by atoms with Crippen molar-refractivity contribution in [3.05, 3.63) is 104 Å². The van der Waals surface area contributed by atoms with Crippen molar-refractivity contribution in [1.29, 1.82) is 0 Å². The minimum Gasteiger partial charge on any atom is -0.324 e. The second kappa shape index (κ2) is 8.88. The lowest BCUT2D eigenvalue weighted by atomic mass is 9.68. The summed E-state index contributed by atoms with van der Waals surface area (Å²) in [6.45, 7) is 6.76. The lowest BCUT2D eigenvalue weighted by Crippen LogP contribution is -2.52. The Balaban J connectivity index is 1.62. The minimum atomic E-state index is -1.18. The molecule has 4 atom stereocenters. The average Bonchev–Trinajstić information content (AvgIpc) is 3.57. The van der Waals surface area contributed by atoms with Gasteiger partial charge in [-0.3, -0.25) is 24.6 Å². The van der Waals surface area contributed by atoms with Gasteiger partial charge in [-0.05, 0) is 56.3 Å². The summed E-state index contributed by atoms with van der Waals surface area (Å²) in [5.41, 5.74) is 4.89. The monoisotopic (exact) mass is 509 g/mol. The summed E-state index contributed by atoms with van der Waals surface area (Å²) in [5, 5.41) is 14.9. The summed E-state index contributed by atoms with van der Waals surface area (Å²) < 4.78 is 0. The Bertz CT molecular complexity index is 1480. The van der Waals surface area contributed by atoms with Crippen LogP contribution < -0.4 is 5.32 Å². The van der Waals surface area contributed by atoms with Gasteiger partial charge in [-0.25, -0.2) is 0 Å². The second-order valence-corrected chi connectivity index (χ2v) is 10.9. The minimum absolute atomic E-state index is 0.00513. The van der Waals surface area contributed by atoms with Gasteiger partial charge in [-0.1, -0.05) is 61.0 Å². The second-order valence-electron chi connectivity index (χ2n) is 10.9. The molecule has 2 saturated heterocycles. The van der Waals surface area contributed by atoms with Crippen LogP contribution in [-0.2, 0) is 16.8 Å². The Morgan fingerprint density at radius 2 is 1.89 bits per heavy atom. The molecule has 3 aromatic carbocycles. The van der Waals surface area contributed by atoms with E-state index in [1.807, 2.05) is 56.3 Å². The van der Waals surface area contributed by atoms with E-state index in [-0.39, 0.29) is 29.3 Å². The molecule has 1 amide bonds. The van der Waals surface area contributed by atoms with Gasteiger partial charge in [-0.2, -0.15) is 0 Å². The molecule has 0 radical (unpaired) electrons. The molecule has 0 aliphatic carbocycles. The van der Waals surface area contributed by atoms with Crippen molar-refractivity contribution < 1.29 is 14.5 Å². The van der Waals surface area contributed by atoms with Crippen molar-refractivity contribution >= 4 is 23.1 Å². The number of benzene rings is 3. The van der Waals surface area contributed by atoms with Crippen molar-refractivity contribution in [2.45, 2.75) is 57.5 Å². The Morgan fingerprint density at radius 1 is 1.13 bits per heavy atom. The number of carbonyl (C=O) groups excluding carboxylic acids is 2. The number of aryl methyl sites for hydroxylation is 3. The Morgan fingerprint density at radius 3 is 2.61 bits per heavy atom. The van der Waals surface area contributed by atoms with Gasteiger partial charge in [0.15, 0.2) is 5.78 Å². The first-order valence-electron chi connectivity index (χ1n) is 13.3. The quantitative estimate of drug-likeness (QED) is 0.271. The van der Waals surface area contributed by atoms with Crippen LogP contribution in [-0.4, -0.2) is 34.1 Å². The molecule has 6 rings (SSSR count). The van der Waals surface area contributed by atoms with Crippen molar-refractivity contribution in [2.75, 3.05) is 11.9 Å². The van der Waals surface area contributed by atoms with Gasteiger partial charge >= 0.3 is 0 Å². The lowest BCUT2D eigenvalue weighted by Gasteiger charge is -2.37. The molecule has 7 nitrogen and oxygen atoms in total. The number of carbonyl (C=O) groups is 2. The number of fused-ring (bicyclic) bond motifs is 4. The van der Waals surface area contributed by atoms with E-state index in [0.29, 0.717) is 12.1 Å². The highest BCUT2D eigenvalue weighted by atomic mass is 16.6. The Labute approximate surface area is 222 Å². The van der Waals surface area contributed by atoms with E-state index in [9.17, 15) is 19.7 Å². The van der Waals surface area contributed by atoms with Gasteiger partial charge in [0.25, 0.3) is 5.69 Å². The van der Waals surface area contributed by atoms with Crippen molar-refractivity contribution in [3.8, 4) is 0 Å². The van der Waals surface area contributed by atoms with Crippen LogP contribution in [0.4, 0.5) is 11.4 Å². The number of non-ortho nitro benzene ring substituents is 1. The zero-order valence-electron chi connectivity index (χ0n) is 21.9. The highest BCUT2D eigenvalue weighted by molar-refractivity contribution is 6.13. The molecule has 1 N–H and O–H groups in total. The molecule has 3 unspecified atom stereocenters. The molecule has 0 aromatic heterocycles. The predicted molar refractivity (Wildman–Crippen MR) is 145 cm³/mol. The van der Waals surface area contributed by atoms with E-state index in [4.69, 9.17) is 0 Å². The van der Waals surface area contributed by atoms with E-state index < -0.39 is 16.4 Å². The van der Waals surface area contributed by atoms with Gasteiger partial charge in [0.05, 0.1) is 10.8 Å². The van der Waals surface area contributed by atoms with Gasteiger partial charge in [0.1, 0.15) is 5.54 Å². The topological polar surface area (TPSA) is 92.5 Å². The van der Waals surface area contributed by atoms with Crippen molar-refractivity contribution in [2.24, 2.45) is 5.92 Å². The molecule has 194 valence electrons. The summed E-state index contributed by atoms with van der Waals surface area (Å²) in [6, 6.07) is 18.3. The van der Waals surface area contributed by atoms with Crippen LogP contribution >= 0.6 is 0 Å². The molecule has 7 heteroatoms. The zero-order chi connectivity index (χ0) is 26.8. The SMILES string of the molecule is CCc1ccc(C(=O)C2C(c3cccc([N+](=O)[O-])c3)C3CCCN3[C@@]23C(=O)Nc2c(C)cc(C)cc23)cc1. The van der Waals surface area contributed by atoms with Crippen molar-refractivity contribution in [1.82, 2.24) is 4.90 Å². The number of nitrogens with one attached hydrogen (secondary N) is 1. The highest BCUT2D eigenvalue weighted by Crippen LogP contribution is 2.61. The molecule has 1 spiro atoms. The first kappa shape index (κ1) is 24.5. The summed E-state index contributed by atoms with van der Waals surface area (Å²) in [6.07, 6.45) is 2.58. The molecule has 3 heterocycles. The summed E-state index contributed by atoms with van der Waals surface area (Å²) in [7, 11) is 0. The number of ketones is 1. The molecule has 0 bridgehead atoms. The predicted octanol–water partition coefficient (Wildman–Crippen LogP) is 5.68. The number of Topliss-reactive ketones (excluding diaryl/α,β-unsaturated/α-hetero) is 1. The summed E-state index contributed by atoms with van der Waals surface area (Å²) in [4.78, 5) is 42.4. The number of nitrogens with zero attached hydrogens (tertiary/aromatic N) is 2. The van der Waals surface area contributed by atoms with E-state index >= 15 is 0 Å². The Hall–Kier alpha value is -3.84. The van der Waals surface area contributed by atoms with Gasteiger partial charge in [0, 0.05) is 40.9 Å². The standard InChI is InChI=1S/C31H31N3O4/c1-4-20-10-12-21(13-11-20)29(35)27-26(22-7-5-8-23(17-22)34(37)38)25-9-6-14-33(25)31(27)24-16-18(2)15-19(3)28(24)32-30(31)36/h5,7-8,10-13,15-17,25-27H,4,6,9,14H2,1-3H3,(H,32,36)/t25?,26?,27?,31-/m1/s1. The van der Waals surface area contributed by atoms with Crippen molar-refractivity contribution in [3.63, 3.8) is 0 Å². The summed E-state index contributed by atoms with van der Waals surface area (Å²) >= 11 is 0. The highest BCUT2D eigenvalue weighted by Gasteiger charge is 2.69. The zero-order valence-corrected chi connectivity index (χ0v) is 21.9. The van der Waals surface area contributed by atoms with Crippen LogP contribution in [0.5, 0.6) is 0 Å². The van der Waals surface area contributed by atoms with Gasteiger partial charge in [0.2, 0.25) is 5.91 Å². The van der Waals surface area contributed by atoms with Crippen LogP contribution in [0.3, 0.4) is 0 Å². The van der Waals surface area contributed by atoms with E-state index in [0.717, 1.165) is 52.8 Å². The van der Waals surface area contributed by atoms with E-state index in [1.165, 1.54) is 6.07 Å². The number of amides is 1. The molecule has 0 saturated carbocycles. The fourth-order valence-electron chi connectivity index (χ4n) is 7.32. The Kier molecular flexibility index (Phi) is 5.72. The fraction of sp³-hybridized carbons (Fsp3) is 0.355. The van der Waals surface area contributed by atoms with Crippen LogP contribution in [0, 0.1) is 29.9 Å². The largest absolute Gasteiger partial charge is 0.324 e. The maximum Gasteiger partial charge on any atom is 0.269 e. The summed E-state index contributed by atoms with van der Waals surface area (Å²) in [5.74, 6) is -1.37. The smallest absolute Gasteiger partial charge is 0.269 e. The third-order valence-electron chi connectivity index (χ3n) is 8.85. The van der Waals surface area contributed by atoms with E-state index in [2.05, 4.69) is 17.1 Å². The number of hydrogen-bond acceptors (Lipinski definition) is 5.